The lowest BCUT2D eigenvalue weighted by atomic mass is 10.3. The van der Waals surface area contributed by atoms with E-state index in [0.29, 0.717) is 24.3 Å². The number of aromatic nitrogens is 3. The van der Waals surface area contributed by atoms with Crippen LogP contribution in [0.15, 0.2) is 36.9 Å². The number of hydrogen-bond donors (Lipinski definition) is 1. The van der Waals surface area contributed by atoms with Crippen LogP contribution >= 0.6 is 0 Å². The van der Waals surface area contributed by atoms with E-state index in [1.807, 2.05) is 12.1 Å². The van der Waals surface area contributed by atoms with E-state index >= 15 is 0 Å². The summed E-state index contributed by atoms with van der Waals surface area (Å²) in [6.45, 7) is 0.614. The van der Waals surface area contributed by atoms with Gasteiger partial charge in [-0.1, -0.05) is 6.07 Å². The molecule has 0 amide bonds. The first-order chi connectivity index (χ1) is 7.88. The predicted octanol–water partition coefficient (Wildman–Crippen LogP) is 1.30. The Labute approximate surface area is 92.6 Å². The third-order valence-corrected chi connectivity index (χ3v) is 2.01. The zero-order chi connectivity index (χ0) is 11.2. The lowest BCUT2D eigenvalue weighted by Gasteiger charge is -2.04. The van der Waals surface area contributed by atoms with E-state index in [1.165, 1.54) is 6.33 Å². The van der Waals surface area contributed by atoms with E-state index in [1.54, 1.807) is 18.5 Å². The van der Waals surface area contributed by atoms with Crippen molar-refractivity contribution in [1.82, 2.24) is 15.0 Å². The van der Waals surface area contributed by atoms with Gasteiger partial charge in [0.1, 0.15) is 17.8 Å². The third kappa shape index (κ3) is 2.60. The molecule has 16 heavy (non-hydrogen) atoms. The van der Waals surface area contributed by atoms with Gasteiger partial charge in [0.2, 0.25) is 0 Å². The van der Waals surface area contributed by atoms with Crippen molar-refractivity contribution in [3.63, 3.8) is 0 Å². The lowest BCUT2D eigenvalue weighted by molar-refractivity contribution is 0.111. The minimum absolute atomic E-state index is 0.365. The molecule has 0 fully saturated rings. The topological polar surface area (TPSA) is 67.8 Å². The zero-order valence-electron chi connectivity index (χ0n) is 8.50. The first-order valence-corrected chi connectivity index (χ1v) is 4.78. The van der Waals surface area contributed by atoms with Crippen molar-refractivity contribution in [3.8, 4) is 0 Å². The molecule has 0 bridgehead atoms. The van der Waals surface area contributed by atoms with Crippen LogP contribution in [0.1, 0.15) is 16.1 Å². The van der Waals surface area contributed by atoms with Gasteiger partial charge in [0.25, 0.3) is 0 Å². The molecule has 0 aliphatic rings. The highest BCUT2D eigenvalue weighted by molar-refractivity contribution is 5.72. The first kappa shape index (κ1) is 10.2. The Morgan fingerprint density at radius 2 is 2.31 bits per heavy atom. The Hall–Kier alpha value is -2.30. The monoisotopic (exact) mass is 214 g/mol. The maximum Gasteiger partial charge on any atom is 0.168 e. The summed E-state index contributed by atoms with van der Waals surface area (Å²) in [5.41, 5.74) is 1.41. The van der Waals surface area contributed by atoms with Gasteiger partial charge >= 0.3 is 0 Å². The summed E-state index contributed by atoms with van der Waals surface area (Å²) in [6.07, 6.45) is 5.54. The summed E-state index contributed by atoms with van der Waals surface area (Å²) >= 11 is 0. The van der Waals surface area contributed by atoms with Gasteiger partial charge in [-0.25, -0.2) is 9.97 Å². The standard InChI is InChI=1S/C11H10N4O/c16-7-10-4-11(15-8-14-10)13-6-9-2-1-3-12-5-9/h1-5,7-8H,6H2,(H,13,14,15). The van der Waals surface area contributed by atoms with Crippen LogP contribution in [0.2, 0.25) is 0 Å². The summed E-state index contributed by atoms with van der Waals surface area (Å²) in [4.78, 5) is 22.3. The summed E-state index contributed by atoms with van der Waals surface area (Å²) in [5.74, 6) is 0.626. The second-order valence-electron chi connectivity index (χ2n) is 3.16. The van der Waals surface area contributed by atoms with Gasteiger partial charge in [-0.3, -0.25) is 9.78 Å². The molecule has 1 N–H and O–H groups in total. The van der Waals surface area contributed by atoms with Crippen molar-refractivity contribution in [3.05, 3.63) is 48.2 Å². The first-order valence-electron chi connectivity index (χ1n) is 4.78. The number of aldehydes is 1. The number of anilines is 1. The fourth-order valence-corrected chi connectivity index (χ4v) is 1.23. The van der Waals surface area contributed by atoms with Crippen LogP contribution < -0.4 is 5.32 Å². The molecule has 5 nitrogen and oxygen atoms in total. The maximum atomic E-state index is 10.5. The number of hydrogen-bond acceptors (Lipinski definition) is 5. The third-order valence-electron chi connectivity index (χ3n) is 2.01. The van der Waals surface area contributed by atoms with Crippen molar-refractivity contribution in [2.45, 2.75) is 6.54 Å². The lowest BCUT2D eigenvalue weighted by Crippen LogP contribution is -2.02. The molecule has 0 saturated heterocycles. The van der Waals surface area contributed by atoms with Gasteiger partial charge in [-0.05, 0) is 11.6 Å². The molecule has 0 aromatic carbocycles. The van der Waals surface area contributed by atoms with Crippen molar-refractivity contribution in [2.75, 3.05) is 5.32 Å². The van der Waals surface area contributed by atoms with Crippen molar-refractivity contribution in [2.24, 2.45) is 0 Å². The molecule has 5 heteroatoms. The Morgan fingerprint density at radius 3 is 3.06 bits per heavy atom. The molecule has 2 aromatic rings. The van der Waals surface area contributed by atoms with Crippen LogP contribution in [-0.4, -0.2) is 21.2 Å². The molecule has 0 spiro atoms. The molecule has 80 valence electrons. The van der Waals surface area contributed by atoms with Crippen molar-refractivity contribution in [1.29, 1.82) is 0 Å². The normalized spacial score (nSPS) is 9.75. The predicted molar refractivity (Wildman–Crippen MR) is 59.0 cm³/mol. The second kappa shape index (κ2) is 4.97. The van der Waals surface area contributed by atoms with Crippen LogP contribution in [-0.2, 0) is 6.54 Å². The summed E-state index contributed by atoms with van der Waals surface area (Å²) in [7, 11) is 0. The highest BCUT2D eigenvalue weighted by Crippen LogP contribution is 2.05. The Kier molecular flexibility index (Phi) is 3.18. The van der Waals surface area contributed by atoms with Gasteiger partial charge in [-0.15, -0.1) is 0 Å². The second-order valence-corrected chi connectivity index (χ2v) is 3.16. The maximum absolute atomic E-state index is 10.5. The van der Waals surface area contributed by atoms with Gasteiger partial charge < -0.3 is 5.32 Å². The Bertz CT molecular complexity index is 472. The summed E-state index contributed by atoms with van der Waals surface area (Å²) < 4.78 is 0. The number of pyridine rings is 1. The Morgan fingerprint density at radius 1 is 1.38 bits per heavy atom. The fourth-order valence-electron chi connectivity index (χ4n) is 1.23. The molecule has 2 rings (SSSR count). The van der Waals surface area contributed by atoms with E-state index < -0.39 is 0 Å². The van der Waals surface area contributed by atoms with Crippen LogP contribution in [0.25, 0.3) is 0 Å². The molecule has 0 atom stereocenters. The number of nitrogens with zero attached hydrogens (tertiary/aromatic N) is 3. The van der Waals surface area contributed by atoms with Gasteiger partial charge in [0, 0.05) is 25.0 Å². The van der Waals surface area contributed by atoms with Crippen molar-refractivity contribution < 1.29 is 4.79 Å². The largest absolute Gasteiger partial charge is 0.366 e. The van der Waals surface area contributed by atoms with Gasteiger partial charge in [0.05, 0.1) is 0 Å². The molecular formula is C11H10N4O. The summed E-state index contributed by atoms with van der Waals surface area (Å²) in [5, 5.41) is 3.09. The fraction of sp³-hybridized carbons (Fsp3) is 0.0909. The minimum atomic E-state index is 0.365. The number of rotatable bonds is 4. The highest BCUT2D eigenvalue weighted by atomic mass is 16.1. The highest BCUT2D eigenvalue weighted by Gasteiger charge is 1.97. The van der Waals surface area contributed by atoms with E-state index in [9.17, 15) is 4.79 Å². The quantitative estimate of drug-likeness (QED) is 0.777. The molecule has 0 aliphatic carbocycles. The molecule has 0 unspecified atom stereocenters. The van der Waals surface area contributed by atoms with E-state index in [2.05, 4.69) is 20.3 Å². The number of nitrogens with one attached hydrogen (secondary N) is 1. The zero-order valence-corrected chi connectivity index (χ0v) is 8.50. The number of carbonyl (C=O) groups is 1. The van der Waals surface area contributed by atoms with Crippen LogP contribution in [0.5, 0.6) is 0 Å². The van der Waals surface area contributed by atoms with E-state index in [-0.39, 0.29) is 0 Å². The van der Waals surface area contributed by atoms with Crippen LogP contribution in [0.4, 0.5) is 5.82 Å². The Balaban J connectivity index is 2.02. The SMILES string of the molecule is O=Cc1cc(NCc2cccnc2)ncn1. The van der Waals surface area contributed by atoms with Gasteiger partial charge in [-0.2, -0.15) is 0 Å². The van der Waals surface area contributed by atoms with Crippen molar-refractivity contribution >= 4 is 12.1 Å². The van der Waals surface area contributed by atoms with Crippen LogP contribution in [0, 0.1) is 0 Å². The van der Waals surface area contributed by atoms with E-state index in [0.717, 1.165) is 5.56 Å². The molecule has 0 radical (unpaired) electrons. The molecule has 2 heterocycles. The number of carbonyl (C=O) groups excluding carboxylic acids is 1. The van der Waals surface area contributed by atoms with E-state index in [4.69, 9.17) is 0 Å². The average Bonchev–Trinajstić information content (AvgIpc) is 2.38. The summed E-state index contributed by atoms with van der Waals surface area (Å²) in [6, 6.07) is 5.43. The van der Waals surface area contributed by atoms with Gasteiger partial charge in [0.15, 0.2) is 6.29 Å². The molecule has 2 aromatic heterocycles. The molecular weight excluding hydrogens is 204 g/mol. The minimum Gasteiger partial charge on any atom is -0.366 e. The van der Waals surface area contributed by atoms with Crippen LogP contribution in [0.3, 0.4) is 0 Å². The average molecular weight is 214 g/mol. The molecule has 0 saturated carbocycles. The molecule has 0 aliphatic heterocycles. The smallest absolute Gasteiger partial charge is 0.168 e.